The van der Waals surface area contributed by atoms with Crippen LogP contribution >= 0.6 is 34.8 Å². The number of hydrogen-bond acceptors (Lipinski definition) is 3. The second-order valence-corrected chi connectivity index (χ2v) is 10.0. The molecule has 6 nitrogen and oxygen atoms in total. The Morgan fingerprint density at radius 3 is 2.70 bits per heavy atom. The lowest BCUT2D eigenvalue weighted by Gasteiger charge is -2.27. The number of pyridine rings is 1. The number of halogens is 3. The molecular formula is C28H22Cl3N5O. The quantitative estimate of drug-likeness (QED) is 0.208. The van der Waals surface area contributed by atoms with Crippen LogP contribution in [-0.4, -0.2) is 33.6 Å². The lowest BCUT2D eigenvalue weighted by molar-refractivity contribution is 0.240. The third-order valence-corrected chi connectivity index (χ3v) is 7.16. The Morgan fingerprint density at radius 1 is 1.14 bits per heavy atom. The van der Waals surface area contributed by atoms with Crippen LogP contribution in [0, 0.1) is 6.57 Å². The summed E-state index contributed by atoms with van der Waals surface area (Å²) in [6.07, 6.45) is 6.51. The zero-order chi connectivity index (χ0) is 25.9. The van der Waals surface area contributed by atoms with Gasteiger partial charge in [-0.2, -0.15) is 0 Å². The molecule has 0 spiro atoms. The Bertz CT molecular complexity index is 1550. The first-order chi connectivity index (χ1) is 17.9. The molecule has 4 aromatic rings. The average molecular weight is 551 g/mol. The van der Waals surface area contributed by atoms with E-state index in [0.29, 0.717) is 45.9 Å². The fourth-order valence-electron chi connectivity index (χ4n) is 4.61. The van der Waals surface area contributed by atoms with Crippen molar-refractivity contribution >= 4 is 63.5 Å². The van der Waals surface area contributed by atoms with E-state index >= 15 is 0 Å². The summed E-state index contributed by atoms with van der Waals surface area (Å²) < 4.78 is 1.69. The summed E-state index contributed by atoms with van der Waals surface area (Å²) in [6.45, 7) is 10.0. The number of hydrogen-bond donors (Lipinski definition) is 1. The van der Waals surface area contributed by atoms with Crippen LogP contribution in [0.15, 0.2) is 60.8 Å². The molecule has 0 bridgehead atoms. The van der Waals surface area contributed by atoms with E-state index in [2.05, 4.69) is 32.2 Å². The van der Waals surface area contributed by atoms with Crippen LogP contribution in [0.2, 0.25) is 15.2 Å². The molecule has 5 rings (SSSR count). The van der Waals surface area contributed by atoms with E-state index in [-0.39, 0.29) is 6.03 Å². The van der Waals surface area contributed by atoms with Crippen molar-refractivity contribution in [3.63, 3.8) is 0 Å². The van der Waals surface area contributed by atoms with Gasteiger partial charge in [-0.25, -0.2) is 14.6 Å². The van der Waals surface area contributed by atoms with Crippen molar-refractivity contribution in [1.29, 1.82) is 0 Å². The van der Waals surface area contributed by atoms with E-state index in [1.807, 2.05) is 36.4 Å². The van der Waals surface area contributed by atoms with Crippen molar-refractivity contribution in [2.75, 3.05) is 13.1 Å². The van der Waals surface area contributed by atoms with Gasteiger partial charge in [0, 0.05) is 65.4 Å². The number of nitrogens with zero attached hydrogens (tertiary/aromatic N) is 4. The molecule has 0 unspecified atom stereocenters. The number of benzene rings is 2. The van der Waals surface area contributed by atoms with E-state index < -0.39 is 0 Å². The summed E-state index contributed by atoms with van der Waals surface area (Å²) >= 11 is 18.4. The summed E-state index contributed by atoms with van der Waals surface area (Å²) in [6, 6.07) is 14.5. The van der Waals surface area contributed by atoms with Gasteiger partial charge in [-0.15, -0.1) is 0 Å². The van der Waals surface area contributed by atoms with Crippen molar-refractivity contribution in [3.05, 3.63) is 110 Å². The van der Waals surface area contributed by atoms with Crippen molar-refractivity contribution in [3.8, 4) is 0 Å². The molecule has 1 N–H and O–H groups in total. The first kappa shape index (κ1) is 25.3. The highest BCUT2D eigenvalue weighted by molar-refractivity contribution is 6.34. The van der Waals surface area contributed by atoms with Crippen molar-refractivity contribution in [2.24, 2.45) is 0 Å². The van der Waals surface area contributed by atoms with Gasteiger partial charge < -0.3 is 5.32 Å². The normalized spacial score (nSPS) is 13.6. The zero-order valence-electron chi connectivity index (χ0n) is 19.7. The van der Waals surface area contributed by atoms with Crippen LogP contribution in [0.25, 0.3) is 21.8 Å². The van der Waals surface area contributed by atoms with Gasteiger partial charge in [0.2, 0.25) is 5.69 Å². The molecule has 3 heterocycles. The van der Waals surface area contributed by atoms with E-state index in [1.165, 1.54) is 0 Å². The third kappa shape index (κ3) is 5.51. The summed E-state index contributed by atoms with van der Waals surface area (Å²) in [4.78, 5) is 23.3. The molecule has 1 aliphatic rings. The molecule has 1 amide bonds. The standard InChI is InChI=1S/C28H22Cl3N5O/c1-32-24-15-26-21(14-23(24)30)22-17-35(11-2-3-18-4-6-20(29)7-5-18)12-9-25(22)36(26)28(37)34-16-19-8-10-33-27(31)13-19/h2-8,10,13-15H,9,11-12,16-17H2,(H,34,37)/b3-2+. The van der Waals surface area contributed by atoms with Gasteiger partial charge in [0.1, 0.15) is 5.15 Å². The van der Waals surface area contributed by atoms with Crippen molar-refractivity contribution in [2.45, 2.75) is 19.5 Å². The molecule has 9 heteroatoms. The number of nitrogens with one attached hydrogen (secondary N) is 1. The average Bonchev–Trinajstić information content (AvgIpc) is 3.20. The minimum Gasteiger partial charge on any atom is -0.333 e. The molecule has 37 heavy (non-hydrogen) atoms. The minimum atomic E-state index is -0.256. The lowest BCUT2D eigenvalue weighted by Crippen LogP contribution is -2.34. The van der Waals surface area contributed by atoms with Crippen LogP contribution in [0.4, 0.5) is 10.5 Å². The minimum absolute atomic E-state index is 0.256. The number of aromatic nitrogens is 2. The molecule has 0 atom stereocenters. The number of rotatable bonds is 5. The van der Waals surface area contributed by atoms with Crippen LogP contribution in [0.1, 0.15) is 22.4 Å². The topological polar surface area (TPSA) is 54.5 Å². The van der Waals surface area contributed by atoms with Crippen LogP contribution < -0.4 is 5.32 Å². The lowest BCUT2D eigenvalue weighted by atomic mass is 10.0. The highest BCUT2D eigenvalue weighted by atomic mass is 35.5. The summed E-state index contributed by atoms with van der Waals surface area (Å²) in [5, 5.41) is 5.34. The second-order valence-electron chi connectivity index (χ2n) is 8.78. The molecule has 0 saturated carbocycles. The fraction of sp³-hybridized carbons (Fsp3) is 0.179. The Labute approximate surface area is 229 Å². The first-order valence-corrected chi connectivity index (χ1v) is 12.8. The molecule has 0 saturated heterocycles. The molecule has 2 aromatic heterocycles. The van der Waals surface area contributed by atoms with E-state index in [4.69, 9.17) is 41.4 Å². The van der Waals surface area contributed by atoms with Gasteiger partial charge in [-0.05, 0) is 53.1 Å². The van der Waals surface area contributed by atoms with E-state index in [9.17, 15) is 4.79 Å². The Balaban J connectivity index is 1.42. The maximum absolute atomic E-state index is 13.4. The smallest absolute Gasteiger partial charge is 0.326 e. The first-order valence-electron chi connectivity index (χ1n) is 11.7. The molecule has 0 fully saturated rings. The SMILES string of the molecule is [C-]#[N+]c1cc2c(cc1Cl)c1c(n2C(=O)NCc2ccnc(Cl)c2)CCN(C/C=C/c2ccc(Cl)cc2)C1. The number of amides is 1. The van der Waals surface area contributed by atoms with E-state index in [1.54, 1.807) is 22.9 Å². The predicted octanol–water partition coefficient (Wildman–Crippen LogP) is 7.38. The highest BCUT2D eigenvalue weighted by Gasteiger charge is 2.27. The molecule has 0 radical (unpaired) electrons. The predicted molar refractivity (Wildman–Crippen MR) is 150 cm³/mol. The van der Waals surface area contributed by atoms with Gasteiger partial charge >= 0.3 is 6.03 Å². The van der Waals surface area contributed by atoms with Crippen LogP contribution in [0.5, 0.6) is 0 Å². The van der Waals surface area contributed by atoms with Crippen molar-refractivity contribution in [1.82, 2.24) is 19.8 Å². The Morgan fingerprint density at radius 2 is 1.95 bits per heavy atom. The van der Waals surface area contributed by atoms with Gasteiger partial charge in [0.05, 0.1) is 6.57 Å². The Kier molecular flexibility index (Phi) is 7.50. The van der Waals surface area contributed by atoms with Gasteiger partial charge in [-0.1, -0.05) is 59.1 Å². The van der Waals surface area contributed by atoms with Gasteiger partial charge in [0.25, 0.3) is 0 Å². The van der Waals surface area contributed by atoms with Crippen molar-refractivity contribution < 1.29 is 4.79 Å². The van der Waals surface area contributed by atoms with E-state index in [0.717, 1.165) is 40.9 Å². The highest BCUT2D eigenvalue weighted by Crippen LogP contribution is 2.37. The molecule has 186 valence electrons. The summed E-state index contributed by atoms with van der Waals surface area (Å²) in [5.74, 6) is 0. The van der Waals surface area contributed by atoms with Crippen LogP contribution in [0.3, 0.4) is 0 Å². The molecule has 1 aliphatic heterocycles. The summed E-state index contributed by atoms with van der Waals surface area (Å²) in [7, 11) is 0. The van der Waals surface area contributed by atoms with Gasteiger partial charge in [-0.3, -0.25) is 9.47 Å². The zero-order valence-corrected chi connectivity index (χ0v) is 22.0. The molecule has 2 aromatic carbocycles. The molecular weight excluding hydrogens is 529 g/mol. The maximum atomic E-state index is 13.4. The number of carbonyl (C=O) groups is 1. The maximum Gasteiger partial charge on any atom is 0.326 e. The third-order valence-electron chi connectivity index (χ3n) is 6.40. The fourth-order valence-corrected chi connectivity index (χ4v) is 5.14. The Hall–Kier alpha value is -3.34. The number of carbonyl (C=O) groups excluding carboxylic acids is 1. The number of fused-ring (bicyclic) bond motifs is 3. The monoisotopic (exact) mass is 549 g/mol. The van der Waals surface area contributed by atoms with Gasteiger partial charge in [0.15, 0.2) is 0 Å². The second kappa shape index (κ2) is 11.0. The largest absolute Gasteiger partial charge is 0.333 e. The van der Waals surface area contributed by atoms with Crippen LogP contribution in [-0.2, 0) is 19.5 Å². The molecule has 0 aliphatic carbocycles. The summed E-state index contributed by atoms with van der Waals surface area (Å²) in [5.41, 5.74) is 4.94.